The summed E-state index contributed by atoms with van der Waals surface area (Å²) in [5.41, 5.74) is 4.71. The van der Waals surface area contributed by atoms with Gasteiger partial charge in [0.15, 0.2) is 0 Å². The van der Waals surface area contributed by atoms with Gasteiger partial charge in [-0.3, -0.25) is 9.78 Å². The molecule has 1 unspecified atom stereocenters. The molecule has 0 aliphatic heterocycles. The molecule has 1 atom stereocenters. The van der Waals surface area contributed by atoms with E-state index >= 15 is 0 Å². The van der Waals surface area contributed by atoms with Gasteiger partial charge >= 0.3 is 12.0 Å². The number of benzene rings is 3. The van der Waals surface area contributed by atoms with E-state index in [2.05, 4.69) is 20.3 Å². The van der Waals surface area contributed by atoms with Crippen LogP contribution in [0.2, 0.25) is 5.02 Å². The Balaban J connectivity index is 1.43. The predicted molar refractivity (Wildman–Crippen MR) is 154 cm³/mol. The number of rotatable bonds is 10. The van der Waals surface area contributed by atoms with Crippen LogP contribution in [0.5, 0.6) is 0 Å². The van der Waals surface area contributed by atoms with Crippen LogP contribution in [0.4, 0.5) is 10.5 Å². The molecule has 0 bridgehead atoms. The van der Waals surface area contributed by atoms with Crippen molar-refractivity contribution in [1.82, 2.24) is 15.0 Å². The Hall–Kier alpha value is -4.25. The number of nitrogens with zero attached hydrogens (tertiary/aromatic N) is 1. The van der Waals surface area contributed by atoms with Crippen molar-refractivity contribution in [2.24, 2.45) is 0 Å². The first-order valence-corrected chi connectivity index (χ1v) is 14.1. The number of carboxylic acid groups (broad SMARTS) is 1. The average Bonchev–Trinajstić information content (AvgIpc) is 2.94. The molecule has 0 spiro atoms. The van der Waals surface area contributed by atoms with Crippen molar-refractivity contribution < 1.29 is 23.1 Å². The number of aryl methyl sites for hydroxylation is 1. The number of pyridine rings is 1. The predicted octanol–water partition coefficient (Wildman–Crippen LogP) is 5.01. The minimum atomic E-state index is -4.15. The number of anilines is 1. The number of nitrogens with one attached hydrogen (secondary N) is 3. The summed E-state index contributed by atoms with van der Waals surface area (Å²) in [5.74, 6) is -1.31. The van der Waals surface area contributed by atoms with E-state index in [1.54, 1.807) is 36.7 Å². The zero-order chi connectivity index (χ0) is 28.7. The van der Waals surface area contributed by atoms with Crippen LogP contribution in [-0.4, -0.2) is 36.6 Å². The molecule has 3 aromatic carbocycles. The third-order valence-corrected chi connectivity index (χ3v) is 8.08. The van der Waals surface area contributed by atoms with Crippen LogP contribution in [0.1, 0.15) is 16.7 Å². The van der Waals surface area contributed by atoms with Gasteiger partial charge in [0.2, 0.25) is 10.0 Å². The second-order valence-electron chi connectivity index (χ2n) is 9.04. The molecule has 206 valence electrons. The van der Waals surface area contributed by atoms with E-state index in [1.807, 2.05) is 43.3 Å². The number of amides is 2. The van der Waals surface area contributed by atoms with Crippen molar-refractivity contribution in [2.45, 2.75) is 30.8 Å². The quantitative estimate of drug-likeness (QED) is 0.209. The molecule has 0 saturated carbocycles. The van der Waals surface area contributed by atoms with E-state index in [1.165, 1.54) is 18.2 Å². The Morgan fingerprint density at radius 1 is 0.950 bits per heavy atom. The highest BCUT2D eigenvalue weighted by molar-refractivity contribution is 7.89. The highest BCUT2D eigenvalue weighted by Crippen LogP contribution is 2.26. The second-order valence-corrected chi connectivity index (χ2v) is 11.1. The van der Waals surface area contributed by atoms with E-state index in [4.69, 9.17) is 11.6 Å². The van der Waals surface area contributed by atoms with Crippen LogP contribution in [-0.2, 0) is 27.8 Å². The summed E-state index contributed by atoms with van der Waals surface area (Å²) >= 11 is 6.00. The van der Waals surface area contributed by atoms with Crippen molar-refractivity contribution >= 4 is 39.3 Å². The Kier molecular flexibility index (Phi) is 9.15. The Bertz CT molecular complexity index is 1610. The number of hydrogen-bond donors (Lipinski definition) is 4. The fourth-order valence-electron chi connectivity index (χ4n) is 3.95. The van der Waals surface area contributed by atoms with Crippen LogP contribution < -0.4 is 15.4 Å². The second kappa shape index (κ2) is 12.7. The summed E-state index contributed by atoms with van der Waals surface area (Å²) in [6, 6.07) is 20.5. The molecule has 4 aromatic rings. The summed E-state index contributed by atoms with van der Waals surface area (Å²) in [6.07, 6.45) is 3.28. The van der Waals surface area contributed by atoms with Gasteiger partial charge in [0, 0.05) is 24.6 Å². The number of urea groups is 1. The van der Waals surface area contributed by atoms with E-state index in [0.717, 1.165) is 22.3 Å². The SMILES string of the molecule is Cc1ccc(-c2ccc(CC(NS(=O)(=O)c3ccccc3Cl)C(=O)O)cc2)cc1NC(=O)NCc1cccnc1. The molecular weight excluding hydrogens is 552 g/mol. The molecule has 0 aliphatic carbocycles. The van der Waals surface area contributed by atoms with Crippen molar-refractivity contribution in [3.63, 3.8) is 0 Å². The van der Waals surface area contributed by atoms with Crippen LogP contribution in [0.3, 0.4) is 0 Å². The molecule has 1 heterocycles. The van der Waals surface area contributed by atoms with Crippen molar-refractivity contribution in [3.05, 3.63) is 113 Å². The Morgan fingerprint density at radius 2 is 1.68 bits per heavy atom. The molecule has 4 N–H and O–H groups in total. The zero-order valence-electron chi connectivity index (χ0n) is 21.5. The summed E-state index contributed by atoms with van der Waals surface area (Å²) in [4.78, 5) is 28.2. The first-order chi connectivity index (χ1) is 19.1. The van der Waals surface area contributed by atoms with Crippen LogP contribution in [0, 0.1) is 6.92 Å². The normalized spacial score (nSPS) is 11.9. The molecule has 0 fully saturated rings. The highest BCUT2D eigenvalue weighted by atomic mass is 35.5. The summed E-state index contributed by atoms with van der Waals surface area (Å²) in [6.45, 7) is 2.23. The topological polar surface area (TPSA) is 137 Å². The first kappa shape index (κ1) is 28.8. The van der Waals surface area contributed by atoms with Gasteiger partial charge in [-0.1, -0.05) is 66.2 Å². The standard InChI is InChI=1S/C29H27ClN4O5S/c1-19-8-11-23(16-25(19)33-29(37)32-18-21-5-4-14-31-17-21)22-12-9-20(10-13-22)15-26(28(35)36)34-40(38,39)27-7-3-2-6-24(27)30/h2-14,16-17,26,34H,15,18H2,1H3,(H,35,36)(H2,32,33,37). The lowest BCUT2D eigenvalue weighted by atomic mass is 9.99. The largest absolute Gasteiger partial charge is 0.480 e. The third-order valence-electron chi connectivity index (χ3n) is 6.11. The van der Waals surface area contributed by atoms with Crippen molar-refractivity contribution in [3.8, 4) is 11.1 Å². The van der Waals surface area contributed by atoms with Gasteiger partial charge in [-0.2, -0.15) is 4.72 Å². The minimum Gasteiger partial charge on any atom is -0.480 e. The number of carbonyl (C=O) groups is 2. The highest BCUT2D eigenvalue weighted by Gasteiger charge is 2.27. The number of sulfonamides is 1. The smallest absolute Gasteiger partial charge is 0.322 e. The third kappa shape index (κ3) is 7.44. The maximum atomic E-state index is 12.8. The number of halogens is 1. The fourth-order valence-corrected chi connectivity index (χ4v) is 5.66. The fraction of sp³-hybridized carbons (Fsp3) is 0.138. The van der Waals surface area contributed by atoms with Gasteiger partial charge in [-0.15, -0.1) is 0 Å². The lowest BCUT2D eigenvalue weighted by Crippen LogP contribution is -2.42. The number of hydrogen-bond acceptors (Lipinski definition) is 5. The Morgan fingerprint density at radius 3 is 2.35 bits per heavy atom. The Labute approximate surface area is 237 Å². The van der Waals surface area contributed by atoms with Gasteiger partial charge in [0.05, 0.1) is 5.02 Å². The number of carboxylic acids is 1. The van der Waals surface area contributed by atoms with Crippen LogP contribution in [0.25, 0.3) is 11.1 Å². The number of aliphatic carboxylic acids is 1. The van der Waals surface area contributed by atoms with E-state index in [-0.39, 0.29) is 22.4 Å². The first-order valence-electron chi connectivity index (χ1n) is 12.3. The molecule has 0 radical (unpaired) electrons. The molecule has 1 aromatic heterocycles. The van der Waals surface area contributed by atoms with Crippen molar-refractivity contribution in [2.75, 3.05) is 5.32 Å². The van der Waals surface area contributed by atoms with Crippen molar-refractivity contribution in [1.29, 1.82) is 0 Å². The van der Waals surface area contributed by atoms with E-state index in [0.29, 0.717) is 17.8 Å². The van der Waals surface area contributed by atoms with Gasteiger partial charge in [0.25, 0.3) is 0 Å². The molecular formula is C29H27ClN4O5S. The lowest BCUT2D eigenvalue weighted by Gasteiger charge is -2.16. The summed E-state index contributed by atoms with van der Waals surface area (Å²) in [5, 5.41) is 15.4. The molecule has 40 heavy (non-hydrogen) atoms. The molecule has 0 saturated heterocycles. The average molecular weight is 579 g/mol. The van der Waals surface area contributed by atoms with Gasteiger partial charge in [-0.25, -0.2) is 13.2 Å². The van der Waals surface area contributed by atoms with Gasteiger partial charge < -0.3 is 15.7 Å². The van der Waals surface area contributed by atoms with Crippen LogP contribution >= 0.6 is 11.6 Å². The lowest BCUT2D eigenvalue weighted by molar-refractivity contribution is -0.138. The molecule has 0 aliphatic rings. The van der Waals surface area contributed by atoms with Gasteiger partial charge in [-0.05, 0) is 65.4 Å². The maximum absolute atomic E-state index is 12.8. The molecule has 4 rings (SSSR count). The van der Waals surface area contributed by atoms with Gasteiger partial charge in [0.1, 0.15) is 10.9 Å². The summed E-state index contributed by atoms with van der Waals surface area (Å²) in [7, 11) is -4.15. The summed E-state index contributed by atoms with van der Waals surface area (Å²) < 4.78 is 27.7. The molecule has 11 heteroatoms. The minimum absolute atomic E-state index is 0.00132. The number of carbonyl (C=O) groups excluding carboxylic acids is 1. The van der Waals surface area contributed by atoms with Crippen LogP contribution in [0.15, 0.2) is 96.2 Å². The maximum Gasteiger partial charge on any atom is 0.322 e. The molecule has 9 nitrogen and oxygen atoms in total. The van der Waals surface area contributed by atoms with E-state index < -0.39 is 22.0 Å². The molecule has 2 amide bonds. The monoisotopic (exact) mass is 578 g/mol. The number of aromatic nitrogens is 1. The zero-order valence-corrected chi connectivity index (χ0v) is 23.0. The van der Waals surface area contributed by atoms with E-state index in [9.17, 15) is 23.1 Å².